The van der Waals surface area contributed by atoms with Crippen molar-refractivity contribution in [3.05, 3.63) is 72.7 Å². The minimum Gasteiger partial charge on any atom is -0.491 e. The first-order valence-corrected chi connectivity index (χ1v) is 9.27. The van der Waals surface area contributed by atoms with Gasteiger partial charge in [-0.1, -0.05) is 24.3 Å². The molecule has 28 heavy (non-hydrogen) atoms. The van der Waals surface area contributed by atoms with Crippen LogP contribution in [-0.4, -0.2) is 33.1 Å². The van der Waals surface area contributed by atoms with E-state index in [1.54, 1.807) is 12.4 Å². The van der Waals surface area contributed by atoms with Crippen LogP contribution in [0.1, 0.15) is 12.1 Å². The van der Waals surface area contributed by atoms with Gasteiger partial charge in [0.15, 0.2) is 5.82 Å². The van der Waals surface area contributed by atoms with Crippen LogP contribution >= 0.6 is 0 Å². The highest BCUT2D eigenvalue weighted by molar-refractivity contribution is 5.84. The monoisotopic (exact) mass is 371 g/mol. The summed E-state index contributed by atoms with van der Waals surface area (Å²) in [7, 11) is 0. The van der Waals surface area contributed by atoms with Crippen LogP contribution in [0.2, 0.25) is 0 Å². The summed E-state index contributed by atoms with van der Waals surface area (Å²) in [5.74, 6) is 2.23. The van der Waals surface area contributed by atoms with Crippen LogP contribution < -0.4 is 10.1 Å². The molecule has 0 aliphatic heterocycles. The van der Waals surface area contributed by atoms with Crippen molar-refractivity contribution < 1.29 is 4.74 Å². The first-order chi connectivity index (χ1) is 13.8. The molecule has 0 saturated carbocycles. The third kappa shape index (κ3) is 4.23. The Kier molecular flexibility index (Phi) is 5.38. The Morgan fingerprint density at radius 3 is 2.71 bits per heavy atom. The lowest BCUT2D eigenvalue weighted by Gasteiger charge is -2.10. The lowest BCUT2D eigenvalue weighted by Crippen LogP contribution is -2.09. The summed E-state index contributed by atoms with van der Waals surface area (Å²) >= 11 is 0. The first kappa shape index (κ1) is 17.9. The predicted molar refractivity (Wildman–Crippen MR) is 110 cm³/mol. The van der Waals surface area contributed by atoms with Gasteiger partial charge in [0.1, 0.15) is 22.8 Å². The third-order valence-electron chi connectivity index (χ3n) is 4.23. The highest BCUT2D eigenvalue weighted by Crippen LogP contribution is 2.23. The average Bonchev–Trinajstić information content (AvgIpc) is 2.74. The van der Waals surface area contributed by atoms with Gasteiger partial charge in [0, 0.05) is 36.1 Å². The smallest absolute Gasteiger partial charge is 0.180 e. The Morgan fingerprint density at radius 1 is 0.929 bits per heavy atom. The van der Waals surface area contributed by atoms with Crippen LogP contribution in [0.3, 0.4) is 0 Å². The second-order valence-electron chi connectivity index (χ2n) is 6.39. The fourth-order valence-electron chi connectivity index (χ4n) is 2.93. The van der Waals surface area contributed by atoms with Gasteiger partial charge in [0.2, 0.25) is 0 Å². The SMILES string of the molecule is Cc1cc(NCCCOc2cccc3cccnc23)nc(-c2ccccn2)n1. The number of para-hydroxylation sites is 1. The topological polar surface area (TPSA) is 72.8 Å². The van der Waals surface area contributed by atoms with Crippen molar-refractivity contribution in [3.8, 4) is 17.3 Å². The van der Waals surface area contributed by atoms with E-state index in [1.165, 1.54) is 0 Å². The Bertz CT molecular complexity index is 1060. The van der Waals surface area contributed by atoms with Gasteiger partial charge in [0.05, 0.1) is 6.61 Å². The van der Waals surface area contributed by atoms with Gasteiger partial charge in [-0.2, -0.15) is 0 Å². The van der Waals surface area contributed by atoms with E-state index in [0.29, 0.717) is 12.4 Å². The Morgan fingerprint density at radius 2 is 1.82 bits per heavy atom. The van der Waals surface area contributed by atoms with Crippen LogP contribution in [0.25, 0.3) is 22.4 Å². The number of benzene rings is 1. The molecule has 6 heteroatoms. The molecule has 0 fully saturated rings. The van der Waals surface area contributed by atoms with Crippen molar-refractivity contribution in [1.29, 1.82) is 0 Å². The molecule has 1 aromatic carbocycles. The van der Waals surface area contributed by atoms with Gasteiger partial charge in [-0.15, -0.1) is 0 Å². The summed E-state index contributed by atoms with van der Waals surface area (Å²) in [6.07, 6.45) is 4.37. The normalized spacial score (nSPS) is 10.8. The number of hydrogen-bond donors (Lipinski definition) is 1. The second-order valence-corrected chi connectivity index (χ2v) is 6.39. The van der Waals surface area contributed by atoms with E-state index in [1.807, 2.05) is 61.5 Å². The van der Waals surface area contributed by atoms with Gasteiger partial charge in [0.25, 0.3) is 0 Å². The number of hydrogen-bond acceptors (Lipinski definition) is 6. The molecule has 0 radical (unpaired) electrons. The van der Waals surface area contributed by atoms with E-state index in [2.05, 4.69) is 25.3 Å². The number of aromatic nitrogens is 4. The number of rotatable bonds is 7. The zero-order chi connectivity index (χ0) is 19.2. The van der Waals surface area contributed by atoms with Crippen molar-refractivity contribution in [3.63, 3.8) is 0 Å². The fraction of sp³-hybridized carbons (Fsp3) is 0.182. The molecule has 0 saturated heterocycles. The molecule has 140 valence electrons. The van der Waals surface area contributed by atoms with Crippen LogP contribution in [-0.2, 0) is 0 Å². The molecule has 0 bridgehead atoms. The maximum Gasteiger partial charge on any atom is 0.180 e. The lowest BCUT2D eigenvalue weighted by molar-refractivity contribution is 0.318. The minimum absolute atomic E-state index is 0.597. The number of fused-ring (bicyclic) bond motifs is 1. The number of aryl methyl sites for hydroxylation is 1. The predicted octanol–water partition coefficient (Wildman–Crippen LogP) is 4.28. The zero-order valence-corrected chi connectivity index (χ0v) is 15.7. The van der Waals surface area contributed by atoms with Gasteiger partial charge in [-0.3, -0.25) is 9.97 Å². The highest BCUT2D eigenvalue weighted by atomic mass is 16.5. The Balaban J connectivity index is 1.34. The average molecular weight is 371 g/mol. The maximum atomic E-state index is 5.93. The van der Waals surface area contributed by atoms with Gasteiger partial charge >= 0.3 is 0 Å². The Hall–Kier alpha value is -3.54. The van der Waals surface area contributed by atoms with Crippen molar-refractivity contribution in [2.45, 2.75) is 13.3 Å². The van der Waals surface area contributed by atoms with Gasteiger partial charge < -0.3 is 10.1 Å². The molecular weight excluding hydrogens is 350 g/mol. The zero-order valence-electron chi connectivity index (χ0n) is 15.7. The number of anilines is 1. The van der Waals surface area contributed by atoms with Crippen molar-refractivity contribution >= 4 is 16.7 Å². The van der Waals surface area contributed by atoms with Crippen molar-refractivity contribution in [2.75, 3.05) is 18.5 Å². The molecule has 0 aliphatic rings. The molecule has 0 unspecified atom stereocenters. The summed E-state index contributed by atoms with van der Waals surface area (Å²) in [6.45, 7) is 3.30. The third-order valence-corrected chi connectivity index (χ3v) is 4.23. The molecule has 4 rings (SSSR count). The van der Waals surface area contributed by atoms with Crippen LogP contribution in [0.15, 0.2) is 67.0 Å². The molecule has 6 nitrogen and oxygen atoms in total. The number of nitrogens with zero attached hydrogens (tertiary/aromatic N) is 4. The molecule has 0 atom stereocenters. The molecular formula is C22H21N5O. The molecule has 0 aliphatic carbocycles. The second kappa shape index (κ2) is 8.43. The molecule has 4 aromatic rings. The lowest BCUT2D eigenvalue weighted by atomic mass is 10.2. The molecule has 0 amide bonds. The van der Waals surface area contributed by atoms with Crippen LogP contribution in [0.4, 0.5) is 5.82 Å². The molecule has 1 N–H and O–H groups in total. The minimum atomic E-state index is 0.597. The maximum absolute atomic E-state index is 5.93. The van der Waals surface area contributed by atoms with E-state index in [9.17, 15) is 0 Å². The molecule has 3 aromatic heterocycles. The molecule has 0 spiro atoms. The largest absolute Gasteiger partial charge is 0.491 e. The van der Waals surface area contributed by atoms with E-state index >= 15 is 0 Å². The van der Waals surface area contributed by atoms with Crippen LogP contribution in [0.5, 0.6) is 5.75 Å². The van der Waals surface area contributed by atoms with E-state index in [0.717, 1.165) is 46.8 Å². The van der Waals surface area contributed by atoms with E-state index in [-0.39, 0.29) is 0 Å². The van der Waals surface area contributed by atoms with Gasteiger partial charge in [-0.25, -0.2) is 9.97 Å². The van der Waals surface area contributed by atoms with Crippen LogP contribution in [0, 0.1) is 6.92 Å². The summed E-state index contributed by atoms with van der Waals surface area (Å²) in [4.78, 5) is 17.8. The Labute approximate surface area is 163 Å². The summed E-state index contributed by atoms with van der Waals surface area (Å²) in [6, 6.07) is 17.6. The first-order valence-electron chi connectivity index (χ1n) is 9.27. The summed E-state index contributed by atoms with van der Waals surface area (Å²) < 4.78 is 5.93. The number of nitrogens with one attached hydrogen (secondary N) is 1. The van der Waals surface area contributed by atoms with Crippen molar-refractivity contribution in [1.82, 2.24) is 19.9 Å². The van der Waals surface area contributed by atoms with Crippen molar-refractivity contribution in [2.24, 2.45) is 0 Å². The quantitative estimate of drug-likeness (QED) is 0.489. The van der Waals surface area contributed by atoms with E-state index < -0.39 is 0 Å². The summed E-state index contributed by atoms with van der Waals surface area (Å²) in [5.41, 5.74) is 2.56. The fourth-order valence-corrected chi connectivity index (χ4v) is 2.93. The standard InChI is InChI=1S/C22H21N5O/c1-16-15-20(27-22(26-16)18-9-2-3-11-23-18)24-13-6-14-28-19-10-4-7-17-8-5-12-25-21(17)19/h2-5,7-12,15H,6,13-14H2,1H3,(H,24,26,27). The highest BCUT2D eigenvalue weighted by Gasteiger charge is 2.06. The van der Waals surface area contributed by atoms with Gasteiger partial charge in [-0.05, 0) is 37.6 Å². The summed E-state index contributed by atoms with van der Waals surface area (Å²) in [5, 5.41) is 4.42. The number of pyridine rings is 2. The molecule has 3 heterocycles. The van der Waals surface area contributed by atoms with E-state index in [4.69, 9.17) is 4.74 Å². The number of ether oxygens (including phenoxy) is 1.